The van der Waals surface area contributed by atoms with E-state index in [-0.39, 0.29) is 0 Å². The second-order valence-electron chi connectivity index (χ2n) is 6.36. The Morgan fingerprint density at radius 2 is 1.31 bits per heavy atom. The first kappa shape index (κ1) is 24.7. The van der Waals surface area contributed by atoms with E-state index in [4.69, 9.17) is 15.1 Å². The van der Waals surface area contributed by atoms with Crippen molar-refractivity contribution in [1.82, 2.24) is 5.48 Å². The van der Waals surface area contributed by atoms with Crippen LogP contribution in [0.1, 0.15) is 64.7 Å². The molecule has 0 spiro atoms. The summed E-state index contributed by atoms with van der Waals surface area (Å²) in [7, 11) is 0. The van der Waals surface area contributed by atoms with Crippen LogP contribution in [-0.4, -0.2) is 68.4 Å². The number of hydrogen-bond donors (Lipinski definition) is 6. The largest absolute Gasteiger partial charge is 0.479 e. The van der Waals surface area contributed by atoms with Crippen LogP contribution in [0.25, 0.3) is 0 Å². The lowest BCUT2D eigenvalue weighted by Crippen LogP contribution is -2.52. The maximum Gasteiger partial charge on any atom is 0.337 e. The Bertz CT molecular complexity index is 393. The minimum absolute atomic E-state index is 0.351. The Labute approximate surface area is 153 Å². The molecule has 9 heteroatoms. The van der Waals surface area contributed by atoms with Gasteiger partial charge in [-0.1, -0.05) is 58.3 Å². The first-order chi connectivity index (χ1) is 12.3. The first-order valence-corrected chi connectivity index (χ1v) is 9.21. The van der Waals surface area contributed by atoms with Crippen LogP contribution in [0.4, 0.5) is 0 Å². The molecule has 4 atom stereocenters. The van der Waals surface area contributed by atoms with Crippen LogP contribution < -0.4 is 5.48 Å². The number of nitrogens with one attached hydrogen (secondary N) is 1. The number of hydroxylamine groups is 1. The highest BCUT2D eigenvalue weighted by Crippen LogP contribution is 2.10. The van der Waals surface area contributed by atoms with Crippen molar-refractivity contribution in [1.29, 1.82) is 0 Å². The lowest BCUT2D eigenvalue weighted by molar-refractivity contribution is -0.186. The van der Waals surface area contributed by atoms with Crippen LogP contribution in [0.15, 0.2) is 0 Å². The monoisotopic (exact) mass is 379 g/mol. The van der Waals surface area contributed by atoms with Gasteiger partial charge in [0.25, 0.3) is 0 Å². The predicted molar refractivity (Wildman–Crippen MR) is 93.4 cm³/mol. The summed E-state index contributed by atoms with van der Waals surface area (Å²) in [4.78, 5) is 26.5. The van der Waals surface area contributed by atoms with E-state index >= 15 is 0 Å². The molecule has 0 aliphatic heterocycles. The van der Waals surface area contributed by atoms with Gasteiger partial charge < -0.3 is 25.5 Å². The summed E-state index contributed by atoms with van der Waals surface area (Å²) in [5, 5.41) is 46.0. The molecule has 0 radical (unpaired) electrons. The van der Waals surface area contributed by atoms with Gasteiger partial charge >= 0.3 is 11.9 Å². The molecule has 0 saturated heterocycles. The number of aliphatic hydroxyl groups is 3. The highest BCUT2D eigenvalue weighted by molar-refractivity contribution is 5.75. The summed E-state index contributed by atoms with van der Waals surface area (Å²) in [6.45, 7) is 2.53. The van der Waals surface area contributed by atoms with Gasteiger partial charge in [0.2, 0.25) is 6.10 Å². The van der Waals surface area contributed by atoms with Crippen LogP contribution in [0.3, 0.4) is 0 Å². The molecule has 0 bridgehead atoms. The van der Waals surface area contributed by atoms with Crippen molar-refractivity contribution in [3.63, 3.8) is 0 Å². The number of carboxylic acids is 2. The second-order valence-corrected chi connectivity index (χ2v) is 6.36. The van der Waals surface area contributed by atoms with E-state index in [0.717, 1.165) is 25.7 Å². The van der Waals surface area contributed by atoms with E-state index in [1.807, 2.05) is 0 Å². The van der Waals surface area contributed by atoms with Crippen LogP contribution in [-0.2, 0) is 14.4 Å². The van der Waals surface area contributed by atoms with Gasteiger partial charge in [0.05, 0.1) is 0 Å². The summed E-state index contributed by atoms with van der Waals surface area (Å²) in [5.74, 6) is -3.36. The van der Waals surface area contributed by atoms with Gasteiger partial charge in [0, 0.05) is 6.54 Å². The molecule has 0 aromatic heterocycles. The molecule has 0 unspecified atom stereocenters. The molecule has 154 valence electrons. The van der Waals surface area contributed by atoms with Gasteiger partial charge in [-0.3, -0.25) is 4.84 Å². The van der Waals surface area contributed by atoms with Crippen molar-refractivity contribution in [2.24, 2.45) is 0 Å². The van der Waals surface area contributed by atoms with Gasteiger partial charge in [0.1, 0.15) is 12.2 Å². The van der Waals surface area contributed by atoms with Gasteiger partial charge in [-0.2, -0.15) is 0 Å². The molecule has 0 aliphatic rings. The van der Waals surface area contributed by atoms with Crippen LogP contribution in [0, 0.1) is 0 Å². The molecule has 9 nitrogen and oxygen atoms in total. The van der Waals surface area contributed by atoms with Crippen molar-refractivity contribution in [2.75, 3.05) is 6.54 Å². The SMILES string of the molecule is CCCCCCCCCCCNO[C@@H](C(=O)O)[C@@H](O)[C@H](O)[C@H](O)C(=O)O. The fourth-order valence-electron chi connectivity index (χ4n) is 2.43. The normalized spacial score (nSPS) is 16.0. The van der Waals surface area contributed by atoms with Crippen molar-refractivity contribution in [3.8, 4) is 0 Å². The zero-order valence-electron chi connectivity index (χ0n) is 15.3. The Morgan fingerprint density at radius 1 is 0.808 bits per heavy atom. The maximum atomic E-state index is 11.1. The fraction of sp³-hybridized carbons (Fsp3) is 0.882. The molecule has 0 amide bonds. The third kappa shape index (κ3) is 10.7. The third-order valence-corrected chi connectivity index (χ3v) is 4.07. The number of aliphatic carboxylic acids is 2. The molecular weight excluding hydrogens is 346 g/mol. The van der Waals surface area contributed by atoms with Crippen LogP contribution in [0.5, 0.6) is 0 Å². The van der Waals surface area contributed by atoms with E-state index in [0.29, 0.717) is 6.54 Å². The average Bonchev–Trinajstić information content (AvgIpc) is 2.60. The topological polar surface area (TPSA) is 157 Å². The van der Waals surface area contributed by atoms with E-state index < -0.39 is 36.4 Å². The molecule has 0 fully saturated rings. The summed E-state index contributed by atoms with van der Waals surface area (Å²) in [6.07, 6.45) is 1.64. The molecule has 6 N–H and O–H groups in total. The third-order valence-electron chi connectivity index (χ3n) is 4.07. The van der Waals surface area contributed by atoms with Crippen molar-refractivity contribution >= 4 is 11.9 Å². The van der Waals surface area contributed by atoms with Gasteiger partial charge in [0.15, 0.2) is 6.10 Å². The molecule has 0 aliphatic carbocycles. The van der Waals surface area contributed by atoms with Gasteiger partial charge in [-0.15, -0.1) is 0 Å². The summed E-state index contributed by atoms with van der Waals surface area (Å²) in [6, 6.07) is 0. The van der Waals surface area contributed by atoms with E-state index in [1.165, 1.54) is 32.1 Å². The van der Waals surface area contributed by atoms with E-state index in [1.54, 1.807) is 0 Å². The average molecular weight is 379 g/mol. The lowest BCUT2D eigenvalue weighted by Gasteiger charge is -2.25. The van der Waals surface area contributed by atoms with Gasteiger partial charge in [-0.25, -0.2) is 15.1 Å². The lowest BCUT2D eigenvalue weighted by atomic mass is 10.0. The Balaban J connectivity index is 3.94. The standard InChI is InChI=1S/C17H33NO8/c1-2-3-4-5-6-7-8-9-10-11-18-26-15(17(24)25)13(20)12(19)14(21)16(22)23/h12-15,18-21H,2-11H2,1H3,(H,22,23)(H,24,25)/t12-,13-,14-,15+/m0/s1. The van der Waals surface area contributed by atoms with Crippen molar-refractivity contribution in [2.45, 2.75) is 89.1 Å². The summed E-state index contributed by atoms with van der Waals surface area (Å²) < 4.78 is 0. The second kappa shape index (κ2) is 14.9. The van der Waals surface area contributed by atoms with Crippen molar-refractivity contribution < 1.29 is 40.0 Å². The zero-order valence-corrected chi connectivity index (χ0v) is 15.3. The first-order valence-electron chi connectivity index (χ1n) is 9.21. The molecule has 0 saturated carbocycles. The fourth-order valence-corrected chi connectivity index (χ4v) is 2.43. The summed E-state index contributed by atoms with van der Waals surface area (Å²) in [5.41, 5.74) is 2.41. The van der Waals surface area contributed by atoms with Crippen molar-refractivity contribution in [3.05, 3.63) is 0 Å². The molecule has 26 heavy (non-hydrogen) atoms. The maximum absolute atomic E-state index is 11.1. The number of carbonyl (C=O) groups is 2. The summed E-state index contributed by atoms with van der Waals surface area (Å²) >= 11 is 0. The zero-order chi connectivity index (χ0) is 19.9. The van der Waals surface area contributed by atoms with E-state index in [9.17, 15) is 24.9 Å². The number of hydrogen-bond acceptors (Lipinski definition) is 7. The predicted octanol–water partition coefficient (Wildman–Crippen LogP) is 0.659. The quantitative estimate of drug-likeness (QED) is 0.158. The molecule has 0 rings (SSSR count). The number of aliphatic hydroxyl groups excluding tert-OH is 3. The number of unbranched alkanes of at least 4 members (excludes halogenated alkanes) is 8. The Kier molecular flexibility index (Phi) is 14.1. The minimum atomic E-state index is -2.31. The molecular formula is C17H33NO8. The smallest absolute Gasteiger partial charge is 0.337 e. The molecule has 0 heterocycles. The number of rotatable bonds is 17. The highest BCUT2D eigenvalue weighted by atomic mass is 16.7. The van der Waals surface area contributed by atoms with Gasteiger partial charge in [-0.05, 0) is 6.42 Å². The Hall–Kier alpha value is -1.26. The van der Waals surface area contributed by atoms with Crippen LogP contribution >= 0.6 is 0 Å². The van der Waals surface area contributed by atoms with Crippen LogP contribution in [0.2, 0.25) is 0 Å². The molecule has 0 aromatic carbocycles. The molecule has 0 aromatic rings. The number of carboxylic acid groups (broad SMARTS) is 2. The minimum Gasteiger partial charge on any atom is -0.479 e. The Morgan fingerprint density at radius 3 is 1.77 bits per heavy atom. The van der Waals surface area contributed by atoms with E-state index in [2.05, 4.69) is 12.4 Å². The highest BCUT2D eigenvalue weighted by Gasteiger charge is 2.39.